The lowest BCUT2D eigenvalue weighted by Gasteiger charge is -2.07. The topological polar surface area (TPSA) is 29.9 Å². The highest BCUT2D eigenvalue weighted by Gasteiger charge is 2.21. The second-order valence-corrected chi connectivity index (χ2v) is 3.77. The van der Waals surface area contributed by atoms with Crippen molar-refractivity contribution < 1.29 is 0 Å². The number of anilines is 1. The molecule has 1 heterocycles. The molecule has 72 valence electrons. The zero-order chi connectivity index (χ0) is 9.10. The van der Waals surface area contributed by atoms with Crippen molar-refractivity contribution in [1.29, 1.82) is 0 Å². The van der Waals surface area contributed by atoms with Crippen LogP contribution in [0.5, 0.6) is 0 Å². The van der Waals surface area contributed by atoms with Crippen molar-refractivity contribution >= 4 is 5.95 Å². The zero-order valence-corrected chi connectivity index (χ0v) is 8.16. The summed E-state index contributed by atoms with van der Waals surface area (Å²) >= 11 is 0. The minimum Gasteiger partial charge on any atom is -0.355 e. The van der Waals surface area contributed by atoms with Crippen LogP contribution in [0.25, 0.3) is 0 Å². The van der Waals surface area contributed by atoms with E-state index in [0.29, 0.717) is 0 Å². The lowest BCUT2D eigenvalue weighted by atomic mass is 10.4. The van der Waals surface area contributed by atoms with Crippen LogP contribution in [0.1, 0.15) is 26.2 Å². The van der Waals surface area contributed by atoms with Crippen LogP contribution >= 0.6 is 0 Å². The predicted molar refractivity (Wildman–Crippen MR) is 53.7 cm³/mol. The molecule has 0 radical (unpaired) electrons. The summed E-state index contributed by atoms with van der Waals surface area (Å²) in [6, 6.07) is 0. The molecule has 1 saturated carbocycles. The van der Waals surface area contributed by atoms with Gasteiger partial charge in [0.1, 0.15) is 0 Å². The fourth-order valence-corrected chi connectivity index (χ4v) is 1.46. The molecule has 0 aliphatic heterocycles. The molecule has 1 aliphatic carbocycles. The summed E-state index contributed by atoms with van der Waals surface area (Å²) in [6.07, 6.45) is 7.85. The molecule has 1 aromatic heterocycles. The monoisotopic (exact) mass is 179 g/mol. The number of hydrogen-bond acceptors (Lipinski definition) is 2. The molecule has 1 fully saturated rings. The molecule has 0 unspecified atom stereocenters. The van der Waals surface area contributed by atoms with Crippen LogP contribution in [-0.2, 0) is 6.54 Å². The summed E-state index contributed by atoms with van der Waals surface area (Å²) in [5.74, 6) is 1.94. The standard InChI is InChI=1S/C10H17N3/c1-2-6-13-7-5-11-10(13)12-8-9-3-4-9/h5,7,9H,2-4,6,8H2,1H3,(H,11,12). The van der Waals surface area contributed by atoms with Gasteiger partial charge in [0.25, 0.3) is 0 Å². The lowest BCUT2D eigenvalue weighted by molar-refractivity contribution is 0.679. The molecular formula is C10H17N3. The molecule has 0 bridgehead atoms. The zero-order valence-electron chi connectivity index (χ0n) is 8.16. The van der Waals surface area contributed by atoms with Crippen molar-refractivity contribution in [2.45, 2.75) is 32.7 Å². The van der Waals surface area contributed by atoms with Crippen molar-refractivity contribution in [3.63, 3.8) is 0 Å². The molecule has 1 aromatic rings. The van der Waals surface area contributed by atoms with Crippen LogP contribution in [0.4, 0.5) is 5.95 Å². The summed E-state index contributed by atoms with van der Waals surface area (Å²) in [5.41, 5.74) is 0. The molecule has 0 saturated heterocycles. The summed E-state index contributed by atoms with van der Waals surface area (Å²) in [5, 5.41) is 3.39. The smallest absolute Gasteiger partial charge is 0.202 e. The largest absolute Gasteiger partial charge is 0.355 e. The van der Waals surface area contributed by atoms with Crippen molar-refractivity contribution in [2.75, 3.05) is 11.9 Å². The Labute approximate surface area is 79.2 Å². The minimum absolute atomic E-state index is 0.909. The molecule has 0 aromatic carbocycles. The van der Waals surface area contributed by atoms with E-state index in [1.54, 1.807) is 0 Å². The van der Waals surface area contributed by atoms with Gasteiger partial charge in [-0.3, -0.25) is 0 Å². The molecule has 1 aliphatic rings. The molecule has 0 amide bonds. The third-order valence-corrected chi connectivity index (χ3v) is 2.43. The van der Waals surface area contributed by atoms with E-state index in [-0.39, 0.29) is 0 Å². The number of rotatable bonds is 5. The quantitative estimate of drug-likeness (QED) is 0.750. The van der Waals surface area contributed by atoms with Gasteiger partial charge in [-0.2, -0.15) is 0 Å². The molecule has 13 heavy (non-hydrogen) atoms. The highest BCUT2D eigenvalue weighted by atomic mass is 15.2. The first-order valence-corrected chi connectivity index (χ1v) is 5.15. The van der Waals surface area contributed by atoms with Gasteiger partial charge in [0, 0.05) is 25.5 Å². The maximum absolute atomic E-state index is 4.29. The maximum Gasteiger partial charge on any atom is 0.202 e. The molecule has 3 nitrogen and oxygen atoms in total. The SMILES string of the molecule is CCCn1ccnc1NCC1CC1. The van der Waals surface area contributed by atoms with E-state index in [1.165, 1.54) is 12.8 Å². The Bertz CT molecular complexity index is 263. The Morgan fingerprint density at radius 2 is 2.46 bits per heavy atom. The third-order valence-electron chi connectivity index (χ3n) is 2.43. The number of nitrogens with one attached hydrogen (secondary N) is 1. The van der Waals surface area contributed by atoms with E-state index < -0.39 is 0 Å². The van der Waals surface area contributed by atoms with Gasteiger partial charge in [0.05, 0.1) is 0 Å². The van der Waals surface area contributed by atoms with Crippen LogP contribution in [0, 0.1) is 5.92 Å². The van der Waals surface area contributed by atoms with E-state index >= 15 is 0 Å². The van der Waals surface area contributed by atoms with Crippen molar-refractivity contribution in [3.05, 3.63) is 12.4 Å². The molecule has 1 N–H and O–H groups in total. The first kappa shape index (κ1) is 8.60. The van der Waals surface area contributed by atoms with Crippen LogP contribution in [0.2, 0.25) is 0 Å². The van der Waals surface area contributed by atoms with Crippen molar-refractivity contribution in [2.24, 2.45) is 5.92 Å². The fraction of sp³-hybridized carbons (Fsp3) is 0.700. The second-order valence-electron chi connectivity index (χ2n) is 3.77. The van der Waals surface area contributed by atoms with Crippen LogP contribution in [-0.4, -0.2) is 16.1 Å². The Kier molecular flexibility index (Phi) is 2.52. The molecule has 0 atom stereocenters. The molecule has 2 rings (SSSR count). The highest BCUT2D eigenvalue weighted by molar-refractivity contribution is 5.26. The first-order chi connectivity index (χ1) is 6.40. The average molecular weight is 179 g/mol. The normalized spacial score (nSPS) is 16.1. The van der Waals surface area contributed by atoms with Crippen molar-refractivity contribution in [1.82, 2.24) is 9.55 Å². The van der Waals surface area contributed by atoms with Gasteiger partial charge in [0.15, 0.2) is 0 Å². The van der Waals surface area contributed by atoms with Gasteiger partial charge in [-0.05, 0) is 25.2 Å². The van der Waals surface area contributed by atoms with Gasteiger partial charge in [-0.15, -0.1) is 0 Å². The number of aromatic nitrogens is 2. The van der Waals surface area contributed by atoms with Crippen LogP contribution < -0.4 is 5.32 Å². The number of nitrogens with zero attached hydrogens (tertiary/aromatic N) is 2. The second kappa shape index (κ2) is 3.81. The summed E-state index contributed by atoms with van der Waals surface area (Å²) in [7, 11) is 0. The first-order valence-electron chi connectivity index (χ1n) is 5.15. The van der Waals surface area contributed by atoms with Crippen LogP contribution in [0.15, 0.2) is 12.4 Å². The van der Waals surface area contributed by atoms with Gasteiger partial charge in [-0.25, -0.2) is 4.98 Å². The van der Waals surface area contributed by atoms with E-state index in [0.717, 1.165) is 31.4 Å². The molecular weight excluding hydrogens is 162 g/mol. The number of hydrogen-bond donors (Lipinski definition) is 1. The predicted octanol–water partition coefficient (Wildman–Crippen LogP) is 2.11. The van der Waals surface area contributed by atoms with E-state index in [9.17, 15) is 0 Å². The Morgan fingerprint density at radius 3 is 3.15 bits per heavy atom. The number of aryl methyl sites for hydroxylation is 1. The Morgan fingerprint density at radius 1 is 1.62 bits per heavy atom. The van der Waals surface area contributed by atoms with Gasteiger partial charge in [0.2, 0.25) is 5.95 Å². The minimum atomic E-state index is 0.909. The van der Waals surface area contributed by atoms with Crippen molar-refractivity contribution in [3.8, 4) is 0 Å². The van der Waals surface area contributed by atoms with E-state index in [4.69, 9.17) is 0 Å². The van der Waals surface area contributed by atoms with E-state index in [1.807, 2.05) is 12.4 Å². The van der Waals surface area contributed by atoms with E-state index in [2.05, 4.69) is 21.8 Å². The lowest BCUT2D eigenvalue weighted by Crippen LogP contribution is -2.09. The summed E-state index contributed by atoms with van der Waals surface area (Å²) in [6.45, 7) is 4.35. The van der Waals surface area contributed by atoms with Gasteiger partial charge >= 0.3 is 0 Å². The summed E-state index contributed by atoms with van der Waals surface area (Å²) in [4.78, 5) is 4.29. The van der Waals surface area contributed by atoms with Crippen LogP contribution in [0.3, 0.4) is 0 Å². The number of imidazole rings is 1. The average Bonchev–Trinajstić information content (AvgIpc) is 2.86. The summed E-state index contributed by atoms with van der Waals surface area (Å²) < 4.78 is 2.18. The Balaban J connectivity index is 1.88. The van der Waals surface area contributed by atoms with Gasteiger partial charge in [-0.1, -0.05) is 6.92 Å². The third kappa shape index (κ3) is 2.23. The maximum atomic E-state index is 4.29. The molecule has 3 heteroatoms. The van der Waals surface area contributed by atoms with Gasteiger partial charge < -0.3 is 9.88 Å². The Hall–Kier alpha value is -0.990. The highest BCUT2D eigenvalue weighted by Crippen LogP contribution is 2.28. The fourth-order valence-electron chi connectivity index (χ4n) is 1.46. The molecule has 0 spiro atoms.